The third-order valence-electron chi connectivity index (χ3n) is 3.77. The van der Waals surface area contributed by atoms with E-state index in [9.17, 15) is 4.79 Å². The van der Waals surface area contributed by atoms with Gasteiger partial charge in [0.15, 0.2) is 0 Å². The van der Waals surface area contributed by atoms with Gasteiger partial charge in [0, 0.05) is 6.54 Å². The second-order valence-electron chi connectivity index (χ2n) is 5.86. The number of nitrogens with two attached hydrogens (primary N) is 1. The average Bonchev–Trinajstić information content (AvgIpc) is 2.26. The lowest BCUT2D eigenvalue weighted by atomic mass is 9.75. The Morgan fingerprint density at radius 1 is 1.31 bits per heavy atom. The van der Waals surface area contributed by atoms with Crippen LogP contribution in [0.15, 0.2) is 0 Å². The quantitative estimate of drug-likeness (QED) is 0.771. The van der Waals surface area contributed by atoms with E-state index >= 15 is 0 Å². The molecule has 0 radical (unpaired) electrons. The first-order chi connectivity index (χ1) is 7.44. The number of nitrogens with one attached hydrogen (secondary N) is 1. The summed E-state index contributed by atoms with van der Waals surface area (Å²) in [6, 6.07) is -0.368. The van der Waals surface area contributed by atoms with Crippen molar-refractivity contribution in [3.8, 4) is 0 Å². The molecule has 0 aromatic carbocycles. The summed E-state index contributed by atoms with van der Waals surface area (Å²) in [6.45, 7) is 7.01. The molecule has 1 amide bonds. The molecular formula is C13H26N2O. The standard InChI is InChI=1S/C13H26N2O/c1-10(2)11(14)12(16)15-9-13(3)7-5-4-6-8-13/h10-11H,4-9,14H2,1-3H3,(H,15,16). The molecule has 3 N–H and O–H groups in total. The minimum Gasteiger partial charge on any atom is -0.354 e. The highest BCUT2D eigenvalue weighted by Crippen LogP contribution is 2.34. The van der Waals surface area contributed by atoms with Crippen molar-refractivity contribution in [3.63, 3.8) is 0 Å². The van der Waals surface area contributed by atoms with Gasteiger partial charge in [-0.05, 0) is 24.2 Å². The second-order valence-corrected chi connectivity index (χ2v) is 5.86. The van der Waals surface area contributed by atoms with Gasteiger partial charge in [0.25, 0.3) is 0 Å². The molecule has 0 bridgehead atoms. The summed E-state index contributed by atoms with van der Waals surface area (Å²) in [4.78, 5) is 11.7. The summed E-state index contributed by atoms with van der Waals surface area (Å²) in [7, 11) is 0. The van der Waals surface area contributed by atoms with Gasteiger partial charge in [-0.25, -0.2) is 0 Å². The Kier molecular flexibility index (Phi) is 4.78. The van der Waals surface area contributed by atoms with E-state index in [-0.39, 0.29) is 17.9 Å². The second kappa shape index (κ2) is 5.67. The zero-order chi connectivity index (χ0) is 12.2. The first-order valence-corrected chi connectivity index (χ1v) is 6.48. The smallest absolute Gasteiger partial charge is 0.237 e. The average molecular weight is 226 g/mol. The van der Waals surface area contributed by atoms with E-state index in [2.05, 4.69) is 12.2 Å². The molecule has 16 heavy (non-hydrogen) atoms. The van der Waals surface area contributed by atoms with Crippen LogP contribution in [-0.2, 0) is 4.79 Å². The number of carbonyl (C=O) groups is 1. The van der Waals surface area contributed by atoms with E-state index in [1.54, 1.807) is 0 Å². The van der Waals surface area contributed by atoms with Crippen molar-refractivity contribution in [3.05, 3.63) is 0 Å². The Morgan fingerprint density at radius 3 is 2.38 bits per heavy atom. The summed E-state index contributed by atoms with van der Waals surface area (Å²) in [6.07, 6.45) is 6.38. The minimum absolute atomic E-state index is 0.00167. The van der Waals surface area contributed by atoms with Crippen LogP contribution < -0.4 is 11.1 Å². The monoisotopic (exact) mass is 226 g/mol. The molecule has 3 nitrogen and oxygen atoms in total. The zero-order valence-corrected chi connectivity index (χ0v) is 10.9. The summed E-state index contributed by atoms with van der Waals surface area (Å²) >= 11 is 0. The molecule has 1 aliphatic carbocycles. The van der Waals surface area contributed by atoms with Gasteiger partial charge >= 0.3 is 0 Å². The van der Waals surface area contributed by atoms with Crippen LogP contribution in [0.1, 0.15) is 52.9 Å². The van der Waals surface area contributed by atoms with Gasteiger partial charge < -0.3 is 11.1 Å². The van der Waals surface area contributed by atoms with Crippen molar-refractivity contribution in [2.45, 2.75) is 58.9 Å². The molecule has 1 aliphatic rings. The first kappa shape index (κ1) is 13.5. The molecule has 0 saturated heterocycles. The van der Waals surface area contributed by atoms with Crippen LogP contribution in [0.25, 0.3) is 0 Å². The highest BCUT2D eigenvalue weighted by molar-refractivity contribution is 5.81. The third kappa shape index (κ3) is 3.78. The molecule has 3 heteroatoms. The summed E-state index contributed by atoms with van der Waals surface area (Å²) < 4.78 is 0. The number of amides is 1. The Bertz CT molecular complexity index is 232. The SMILES string of the molecule is CC(C)C(N)C(=O)NCC1(C)CCCCC1. The molecule has 1 rings (SSSR count). The van der Waals surface area contributed by atoms with Crippen LogP contribution in [0.5, 0.6) is 0 Å². The topological polar surface area (TPSA) is 55.1 Å². The van der Waals surface area contributed by atoms with E-state index in [0.29, 0.717) is 5.41 Å². The molecule has 0 aromatic rings. The first-order valence-electron chi connectivity index (χ1n) is 6.48. The number of carbonyl (C=O) groups excluding carboxylic acids is 1. The van der Waals surface area contributed by atoms with Crippen LogP contribution in [0.2, 0.25) is 0 Å². The number of hydrogen-bond donors (Lipinski definition) is 2. The normalized spacial score (nSPS) is 21.8. The molecule has 1 atom stereocenters. The maximum absolute atomic E-state index is 11.7. The van der Waals surface area contributed by atoms with Crippen molar-refractivity contribution in [2.24, 2.45) is 17.1 Å². The molecule has 1 saturated carbocycles. The van der Waals surface area contributed by atoms with Gasteiger partial charge in [-0.1, -0.05) is 40.0 Å². The lowest BCUT2D eigenvalue weighted by Gasteiger charge is -2.34. The molecule has 0 aliphatic heterocycles. The van der Waals surface area contributed by atoms with Gasteiger partial charge in [0.2, 0.25) is 5.91 Å². The summed E-state index contributed by atoms with van der Waals surface area (Å²) in [5, 5.41) is 3.01. The number of rotatable bonds is 4. The van der Waals surface area contributed by atoms with E-state index in [1.165, 1.54) is 32.1 Å². The fourth-order valence-corrected chi connectivity index (χ4v) is 2.30. The Hall–Kier alpha value is -0.570. The van der Waals surface area contributed by atoms with Crippen LogP contribution in [0.4, 0.5) is 0 Å². The third-order valence-corrected chi connectivity index (χ3v) is 3.77. The van der Waals surface area contributed by atoms with E-state index < -0.39 is 0 Å². The summed E-state index contributed by atoms with van der Waals surface area (Å²) in [5.74, 6) is 0.209. The van der Waals surface area contributed by atoms with E-state index in [0.717, 1.165) is 6.54 Å². The fourth-order valence-electron chi connectivity index (χ4n) is 2.30. The van der Waals surface area contributed by atoms with Crippen molar-refractivity contribution >= 4 is 5.91 Å². The molecule has 0 spiro atoms. The van der Waals surface area contributed by atoms with Gasteiger partial charge in [-0.3, -0.25) is 4.79 Å². The lowest BCUT2D eigenvalue weighted by molar-refractivity contribution is -0.123. The fraction of sp³-hybridized carbons (Fsp3) is 0.923. The van der Waals surface area contributed by atoms with Crippen LogP contribution in [0, 0.1) is 11.3 Å². The van der Waals surface area contributed by atoms with Crippen molar-refractivity contribution in [1.82, 2.24) is 5.32 Å². The van der Waals surface area contributed by atoms with Gasteiger partial charge in [0.1, 0.15) is 0 Å². The highest BCUT2D eigenvalue weighted by Gasteiger charge is 2.28. The highest BCUT2D eigenvalue weighted by atomic mass is 16.2. The van der Waals surface area contributed by atoms with Gasteiger partial charge in [-0.2, -0.15) is 0 Å². The Morgan fingerprint density at radius 2 is 1.88 bits per heavy atom. The molecule has 94 valence electrons. The van der Waals surface area contributed by atoms with Gasteiger partial charge in [-0.15, -0.1) is 0 Å². The van der Waals surface area contributed by atoms with Crippen LogP contribution >= 0.6 is 0 Å². The summed E-state index contributed by atoms with van der Waals surface area (Å²) in [5.41, 5.74) is 6.10. The molecule has 1 fully saturated rings. The van der Waals surface area contributed by atoms with E-state index in [1.807, 2.05) is 13.8 Å². The van der Waals surface area contributed by atoms with Crippen molar-refractivity contribution in [2.75, 3.05) is 6.54 Å². The van der Waals surface area contributed by atoms with Gasteiger partial charge in [0.05, 0.1) is 6.04 Å². The maximum atomic E-state index is 11.7. The lowest BCUT2D eigenvalue weighted by Crippen LogP contribution is -2.47. The predicted molar refractivity (Wildman–Crippen MR) is 67.0 cm³/mol. The predicted octanol–water partition coefficient (Wildman–Crippen LogP) is 2.06. The van der Waals surface area contributed by atoms with Crippen molar-refractivity contribution in [1.29, 1.82) is 0 Å². The molecule has 0 aromatic heterocycles. The minimum atomic E-state index is -0.368. The molecule has 1 unspecified atom stereocenters. The Labute approximate surface area is 99.2 Å². The molecule has 0 heterocycles. The number of hydrogen-bond acceptors (Lipinski definition) is 2. The van der Waals surface area contributed by atoms with E-state index in [4.69, 9.17) is 5.73 Å². The van der Waals surface area contributed by atoms with Crippen LogP contribution in [0.3, 0.4) is 0 Å². The zero-order valence-electron chi connectivity index (χ0n) is 10.9. The Balaban J connectivity index is 2.35. The van der Waals surface area contributed by atoms with Crippen molar-refractivity contribution < 1.29 is 4.79 Å². The maximum Gasteiger partial charge on any atom is 0.237 e. The van der Waals surface area contributed by atoms with Crippen LogP contribution in [-0.4, -0.2) is 18.5 Å². The largest absolute Gasteiger partial charge is 0.354 e. The molecular weight excluding hydrogens is 200 g/mol.